The first kappa shape index (κ1) is 19.9. The Hall–Kier alpha value is -0.120. The van der Waals surface area contributed by atoms with Crippen LogP contribution in [0.25, 0.3) is 0 Å². The van der Waals surface area contributed by atoms with Crippen LogP contribution in [0.5, 0.6) is 0 Å². The van der Waals surface area contributed by atoms with Crippen molar-refractivity contribution in [3.63, 3.8) is 0 Å². The molecular weight excluding hydrogens is 274 g/mol. The standard InChI is InChI=1S/C19H39NO2/c1-3-4-5-6-7-8-9-10-11-12-13-14-18(21)17-15-20-16(2)19(17)22/h16-22H,3-15H2,1-2H3/t16-,17+,18-,19-/m0/s1. The van der Waals surface area contributed by atoms with Gasteiger partial charge in [0.2, 0.25) is 0 Å². The van der Waals surface area contributed by atoms with Gasteiger partial charge in [-0.1, -0.05) is 77.6 Å². The minimum absolute atomic E-state index is 0.0260. The third-order valence-corrected chi connectivity index (χ3v) is 5.22. The second-order valence-electron chi connectivity index (χ2n) is 7.24. The molecule has 1 fully saturated rings. The number of nitrogens with one attached hydrogen (secondary N) is 1. The third kappa shape index (κ3) is 7.94. The third-order valence-electron chi connectivity index (χ3n) is 5.22. The predicted octanol–water partition coefficient (Wildman–Crippen LogP) is 4.02. The molecule has 0 amide bonds. The van der Waals surface area contributed by atoms with Gasteiger partial charge in [-0.15, -0.1) is 0 Å². The predicted molar refractivity (Wildman–Crippen MR) is 94.0 cm³/mol. The Bertz CT molecular complexity index is 260. The fourth-order valence-corrected chi connectivity index (χ4v) is 3.53. The second-order valence-corrected chi connectivity index (χ2v) is 7.24. The van der Waals surface area contributed by atoms with Crippen LogP contribution in [0.3, 0.4) is 0 Å². The van der Waals surface area contributed by atoms with E-state index in [1.165, 1.54) is 64.2 Å². The summed E-state index contributed by atoms with van der Waals surface area (Å²) in [6, 6.07) is 0.122. The molecule has 0 bridgehead atoms. The van der Waals surface area contributed by atoms with E-state index in [2.05, 4.69) is 12.2 Å². The molecule has 0 aromatic carbocycles. The van der Waals surface area contributed by atoms with E-state index in [1.807, 2.05) is 6.92 Å². The number of aliphatic hydroxyl groups excluding tert-OH is 2. The first-order chi connectivity index (χ1) is 10.7. The summed E-state index contributed by atoms with van der Waals surface area (Å²) in [5.41, 5.74) is 0. The molecule has 4 atom stereocenters. The summed E-state index contributed by atoms with van der Waals surface area (Å²) in [6.45, 7) is 5.00. The van der Waals surface area contributed by atoms with E-state index in [9.17, 15) is 10.2 Å². The zero-order valence-electron chi connectivity index (χ0n) is 14.9. The Morgan fingerprint density at radius 2 is 1.41 bits per heavy atom. The lowest BCUT2D eigenvalue weighted by molar-refractivity contribution is 0.0264. The topological polar surface area (TPSA) is 52.5 Å². The SMILES string of the molecule is CCCCCCCCCCCCC[C@H](O)[C@H]1CN[C@@H](C)[C@@H]1O. The molecule has 0 aromatic rings. The summed E-state index contributed by atoms with van der Waals surface area (Å²) in [5, 5.41) is 23.4. The van der Waals surface area contributed by atoms with Gasteiger partial charge in [-0.05, 0) is 13.3 Å². The Kier molecular flexibility index (Phi) is 11.2. The molecule has 1 saturated heterocycles. The van der Waals surface area contributed by atoms with Gasteiger partial charge in [0.25, 0.3) is 0 Å². The number of hydrogen-bond acceptors (Lipinski definition) is 3. The summed E-state index contributed by atoms with van der Waals surface area (Å²) >= 11 is 0. The molecule has 0 spiro atoms. The highest BCUT2D eigenvalue weighted by Gasteiger charge is 2.35. The minimum Gasteiger partial charge on any atom is -0.393 e. The van der Waals surface area contributed by atoms with Crippen LogP contribution in [0.15, 0.2) is 0 Å². The van der Waals surface area contributed by atoms with E-state index >= 15 is 0 Å². The number of unbranched alkanes of at least 4 members (excludes halogenated alkanes) is 10. The smallest absolute Gasteiger partial charge is 0.0755 e. The van der Waals surface area contributed by atoms with Gasteiger partial charge in [-0.3, -0.25) is 0 Å². The molecule has 1 aliphatic rings. The van der Waals surface area contributed by atoms with Gasteiger partial charge in [-0.2, -0.15) is 0 Å². The molecule has 3 heteroatoms. The van der Waals surface area contributed by atoms with Crippen LogP contribution in [-0.2, 0) is 0 Å². The molecule has 0 aromatic heterocycles. The van der Waals surface area contributed by atoms with Crippen molar-refractivity contribution in [3.8, 4) is 0 Å². The Morgan fingerprint density at radius 1 is 0.909 bits per heavy atom. The van der Waals surface area contributed by atoms with Crippen LogP contribution in [-0.4, -0.2) is 35.0 Å². The van der Waals surface area contributed by atoms with Crippen LogP contribution >= 0.6 is 0 Å². The van der Waals surface area contributed by atoms with Crippen molar-refractivity contribution in [2.45, 2.75) is 109 Å². The maximum absolute atomic E-state index is 10.2. The zero-order chi connectivity index (χ0) is 16.2. The first-order valence-corrected chi connectivity index (χ1v) is 9.76. The molecule has 22 heavy (non-hydrogen) atoms. The normalized spacial score (nSPS) is 26.5. The molecule has 1 rings (SSSR count). The molecule has 3 nitrogen and oxygen atoms in total. The lowest BCUT2D eigenvalue weighted by Gasteiger charge is -2.21. The van der Waals surface area contributed by atoms with Gasteiger partial charge < -0.3 is 15.5 Å². The van der Waals surface area contributed by atoms with Gasteiger partial charge in [0, 0.05) is 18.5 Å². The van der Waals surface area contributed by atoms with Crippen molar-refractivity contribution in [1.29, 1.82) is 0 Å². The molecule has 0 unspecified atom stereocenters. The molecule has 0 saturated carbocycles. The average Bonchev–Trinajstić information content (AvgIpc) is 2.84. The van der Waals surface area contributed by atoms with E-state index in [0.29, 0.717) is 0 Å². The lowest BCUT2D eigenvalue weighted by atomic mass is 9.92. The molecule has 132 valence electrons. The van der Waals surface area contributed by atoms with Crippen molar-refractivity contribution in [1.82, 2.24) is 5.32 Å². The van der Waals surface area contributed by atoms with Crippen LogP contribution in [0, 0.1) is 5.92 Å². The quantitative estimate of drug-likeness (QED) is 0.450. The second kappa shape index (κ2) is 12.3. The summed E-state index contributed by atoms with van der Waals surface area (Å²) in [4.78, 5) is 0. The first-order valence-electron chi connectivity index (χ1n) is 9.76. The van der Waals surface area contributed by atoms with Gasteiger partial charge in [0.15, 0.2) is 0 Å². The van der Waals surface area contributed by atoms with Crippen molar-refractivity contribution >= 4 is 0 Å². The Morgan fingerprint density at radius 3 is 1.86 bits per heavy atom. The molecule has 0 radical (unpaired) electrons. The number of aliphatic hydroxyl groups is 2. The summed E-state index contributed by atoms with van der Waals surface area (Å²) < 4.78 is 0. The van der Waals surface area contributed by atoms with Crippen molar-refractivity contribution in [2.75, 3.05) is 6.54 Å². The van der Waals surface area contributed by atoms with E-state index in [1.54, 1.807) is 0 Å². The van der Waals surface area contributed by atoms with Gasteiger partial charge in [0.05, 0.1) is 12.2 Å². The number of rotatable bonds is 13. The van der Waals surface area contributed by atoms with Crippen molar-refractivity contribution in [2.24, 2.45) is 5.92 Å². The van der Waals surface area contributed by atoms with E-state index in [4.69, 9.17) is 0 Å². The van der Waals surface area contributed by atoms with Crippen molar-refractivity contribution in [3.05, 3.63) is 0 Å². The fraction of sp³-hybridized carbons (Fsp3) is 1.00. The van der Waals surface area contributed by atoms with E-state index in [-0.39, 0.29) is 24.2 Å². The molecule has 1 heterocycles. The van der Waals surface area contributed by atoms with Gasteiger partial charge in [0.1, 0.15) is 0 Å². The van der Waals surface area contributed by atoms with Crippen LogP contribution in [0.4, 0.5) is 0 Å². The monoisotopic (exact) mass is 313 g/mol. The average molecular weight is 314 g/mol. The summed E-state index contributed by atoms with van der Waals surface area (Å²) in [5.74, 6) is 0.0260. The van der Waals surface area contributed by atoms with Gasteiger partial charge in [-0.25, -0.2) is 0 Å². The Balaban J connectivity index is 1.87. The number of hydrogen-bond donors (Lipinski definition) is 3. The highest BCUT2D eigenvalue weighted by Crippen LogP contribution is 2.22. The zero-order valence-corrected chi connectivity index (χ0v) is 14.9. The van der Waals surface area contributed by atoms with Crippen LogP contribution < -0.4 is 5.32 Å². The highest BCUT2D eigenvalue weighted by atomic mass is 16.3. The molecule has 1 aliphatic heterocycles. The summed E-state index contributed by atoms with van der Waals surface area (Å²) in [6.07, 6.45) is 14.8. The highest BCUT2D eigenvalue weighted by molar-refractivity contribution is 4.91. The lowest BCUT2D eigenvalue weighted by Crippen LogP contribution is -2.33. The minimum atomic E-state index is -0.386. The molecule has 3 N–H and O–H groups in total. The van der Waals surface area contributed by atoms with Crippen LogP contribution in [0.2, 0.25) is 0 Å². The van der Waals surface area contributed by atoms with Crippen LogP contribution in [0.1, 0.15) is 90.9 Å². The molecular formula is C19H39NO2. The maximum atomic E-state index is 10.2. The van der Waals surface area contributed by atoms with Gasteiger partial charge >= 0.3 is 0 Å². The Labute approximate surface area is 137 Å². The largest absolute Gasteiger partial charge is 0.393 e. The summed E-state index contributed by atoms with van der Waals surface area (Å²) in [7, 11) is 0. The van der Waals surface area contributed by atoms with E-state index in [0.717, 1.165) is 19.4 Å². The fourth-order valence-electron chi connectivity index (χ4n) is 3.53. The van der Waals surface area contributed by atoms with E-state index < -0.39 is 0 Å². The van der Waals surface area contributed by atoms with Crippen molar-refractivity contribution < 1.29 is 10.2 Å². The molecule has 0 aliphatic carbocycles. The maximum Gasteiger partial charge on any atom is 0.0755 e.